The molecule has 4 N–H and O–H groups in total. The Morgan fingerprint density at radius 1 is 1.53 bits per heavy atom. The number of amides is 1. The van der Waals surface area contributed by atoms with Gasteiger partial charge in [-0.1, -0.05) is 0 Å². The van der Waals surface area contributed by atoms with Gasteiger partial charge in [-0.2, -0.15) is 0 Å². The van der Waals surface area contributed by atoms with Crippen molar-refractivity contribution in [1.29, 1.82) is 0 Å². The van der Waals surface area contributed by atoms with Crippen molar-refractivity contribution in [3.8, 4) is 5.75 Å². The number of rotatable bonds is 3. The fraction of sp³-hybridized carbons (Fsp3) is 0.300. The predicted molar refractivity (Wildman–Crippen MR) is 61.7 cm³/mol. The molecule has 1 amide bonds. The van der Waals surface area contributed by atoms with E-state index in [0.717, 1.165) is 6.07 Å². The number of nitrogens with one attached hydrogen (secondary N) is 1. The number of nitrogens with two attached hydrogens (primary N) is 1. The minimum Gasteiger partial charge on any atom is -0.508 e. The van der Waals surface area contributed by atoms with Gasteiger partial charge < -0.3 is 16.2 Å². The molecule has 0 spiro atoms. The summed E-state index contributed by atoms with van der Waals surface area (Å²) in [4.78, 5) is 21.6. The summed E-state index contributed by atoms with van der Waals surface area (Å²) in [6.07, 6.45) is 0. The highest BCUT2D eigenvalue weighted by Gasteiger charge is 2.25. The number of aromatic hydroxyl groups is 1. The topological polar surface area (TPSA) is 118 Å². The van der Waals surface area contributed by atoms with Gasteiger partial charge in [0.25, 0.3) is 5.69 Å². The maximum atomic E-state index is 11.6. The summed E-state index contributed by atoms with van der Waals surface area (Å²) in [5, 5.41) is 22.2. The van der Waals surface area contributed by atoms with E-state index < -0.39 is 16.4 Å². The molecule has 0 aromatic heterocycles. The molecule has 0 radical (unpaired) electrons. The molecule has 1 rings (SSSR count). The van der Waals surface area contributed by atoms with Crippen molar-refractivity contribution in [2.24, 2.45) is 5.73 Å². The first-order valence-electron chi connectivity index (χ1n) is 4.79. The second-order valence-corrected chi connectivity index (χ2v) is 4.13. The molecule has 0 unspecified atom stereocenters. The largest absolute Gasteiger partial charge is 0.508 e. The molecule has 0 aliphatic heterocycles. The molecular weight excluding hydrogens is 226 g/mol. The van der Waals surface area contributed by atoms with Gasteiger partial charge in [0.2, 0.25) is 5.91 Å². The lowest BCUT2D eigenvalue weighted by Gasteiger charge is -2.17. The summed E-state index contributed by atoms with van der Waals surface area (Å²) in [5.41, 5.74) is 4.01. The number of nitro groups is 1. The Morgan fingerprint density at radius 3 is 2.59 bits per heavy atom. The third kappa shape index (κ3) is 3.15. The van der Waals surface area contributed by atoms with Crippen LogP contribution in [-0.4, -0.2) is 21.5 Å². The Labute approximate surface area is 97.4 Å². The second-order valence-electron chi connectivity index (χ2n) is 4.13. The van der Waals surface area contributed by atoms with Gasteiger partial charge in [0.05, 0.1) is 16.5 Å². The first kappa shape index (κ1) is 12.9. The molecule has 0 saturated carbocycles. The van der Waals surface area contributed by atoms with Crippen LogP contribution in [0.2, 0.25) is 0 Å². The van der Waals surface area contributed by atoms with Crippen LogP contribution in [0.1, 0.15) is 13.8 Å². The lowest BCUT2D eigenvalue weighted by atomic mass is 10.1. The van der Waals surface area contributed by atoms with E-state index in [2.05, 4.69) is 5.32 Å². The van der Waals surface area contributed by atoms with Crippen molar-refractivity contribution in [3.05, 3.63) is 28.3 Å². The Morgan fingerprint density at radius 2 is 2.12 bits per heavy atom. The normalized spacial score (nSPS) is 11.0. The van der Waals surface area contributed by atoms with Gasteiger partial charge in [0, 0.05) is 0 Å². The van der Waals surface area contributed by atoms with Crippen LogP contribution in [0.4, 0.5) is 11.4 Å². The minimum absolute atomic E-state index is 0.00340. The molecule has 7 nitrogen and oxygen atoms in total. The lowest BCUT2D eigenvalue weighted by molar-refractivity contribution is -0.384. The van der Waals surface area contributed by atoms with Gasteiger partial charge in [-0.15, -0.1) is 0 Å². The summed E-state index contributed by atoms with van der Waals surface area (Å²) in [6, 6.07) is 3.45. The van der Waals surface area contributed by atoms with E-state index in [4.69, 9.17) is 10.8 Å². The molecule has 1 aromatic rings. The van der Waals surface area contributed by atoms with Gasteiger partial charge in [-0.25, -0.2) is 0 Å². The Bertz CT molecular complexity index is 465. The molecule has 0 atom stereocenters. The lowest BCUT2D eigenvalue weighted by Crippen LogP contribution is -2.45. The number of hydrogen-bond acceptors (Lipinski definition) is 5. The van der Waals surface area contributed by atoms with Gasteiger partial charge in [-0.3, -0.25) is 14.9 Å². The summed E-state index contributed by atoms with van der Waals surface area (Å²) in [7, 11) is 0. The van der Waals surface area contributed by atoms with Crippen molar-refractivity contribution < 1.29 is 14.8 Å². The number of hydrogen-bond donors (Lipinski definition) is 3. The Balaban J connectivity index is 3.07. The van der Waals surface area contributed by atoms with E-state index >= 15 is 0 Å². The molecular formula is C10H13N3O4. The molecule has 0 aliphatic rings. The zero-order valence-electron chi connectivity index (χ0n) is 9.43. The quantitative estimate of drug-likeness (QED) is 0.412. The number of nitrogens with zero attached hydrogens (tertiary/aromatic N) is 1. The van der Waals surface area contributed by atoms with Gasteiger partial charge >= 0.3 is 0 Å². The smallest absolute Gasteiger partial charge is 0.296 e. The van der Waals surface area contributed by atoms with E-state index in [1.807, 2.05) is 0 Å². The standard InChI is InChI=1S/C10H13N3O4/c1-10(2,11)9(15)12-7-4-3-6(14)5-8(7)13(16)17/h3-5,14H,11H2,1-2H3,(H,12,15). The molecule has 17 heavy (non-hydrogen) atoms. The van der Waals surface area contributed by atoms with Crippen molar-refractivity contribution >= 4 is 17.3 Å². The zero-order chi connectivity index (χ0) is 13.2. The molecule has 0 bridgehead atoms. The number of nitro benzene ring substituents is 1. The zero-order valence-corrected chi connectivity index (χ0v) is 9.43. The first-order chi connectivity index (χ1) is 7.71. The van der Waals surface area contributed by atoms with E-state index in [-0.39, 0.29) is 17.1 Å². The molecule has 0 aliphatic carbocycles. The number of carbonyl (C=O) groups is 1. The minimum atomic E-state index is -1.15. The van der Waals surface area contributed by atoms with Crippen molar-refractivity contribution in [3.63, 3.8) is 0 Å². The van der Waals surface area contributed by atoms with E-state index in [0.29, 0.717) is 0 Å². The Kier molecular flexibility index (Phi) is 3.33. The third-order valence-corrected chi connectivity index (χ3v) is 2.01. The number of phenols is 1. The second kappa shape index (κ2) is 4.38. The first-order valence-corrected chi connectivity index (χ1v) is 4.79. The molecule has 0 fully saturated rings. The predicted octanol–water partition coefficient (Wildman–Crippen LogP) is 0.976. The number of carbonyl (C=O) groups excluding carboxylic acids is 1. The molecule has 0 saturated heterocycles. The number of anilines is 1. The molecule has 92 valence electrons. The van der Waals surface area contributed by atoms with Crippen molar-refractivity contribution in [2.45, 2.75) is 19.4 Å². The monoisotopic (exact) mass is 239 g/mol. The third-order valence-electron chi connectivity index (χ3n) is 2.01. The van der Waals surface area contributed by atoms with Crippen LogP contribution in [0.15, 0.2) is 18.2 Å². The van der Waals surface area contributed by atoms with Crippen molar-refractivity contribution in [1.82, 2.24) is 0 Å². The van der Waals surface area contributed by atoms with E-state index in [9.17, 15) is 14.9 Å². The van der Waals surface area contributed by atoms with Crippen LogP contribution >= 0.6 is 0 Å². The SMILES string of the molecule is CC(C)(N)C(=O)Nc1ccc(O)cc1[N+](=O)[O-]. The van der Waals surface area contributed by atoms with Crippen LogP contribution in [0, 0.1) is 10.1 Å². The number of benzene rings is 1. The highest BCUT2D eigenvalue weighted by molar-refractivity contribution is 5.99. The summed E-state index contributed by atoms with van der Waals surface area (Å²) < 4.78 is 0. The highest BCUT2D eigenvalue weighted by Crippen LogP contribution is 2.28. The molecule has 1 aromatic carbocycles. The molecule has 7 heteroatoms. The summed E-state index contributed by atoms with van der Waals surface area (Å²) >= 11 is 0. The van der Waals surface area contributed by atoms with Crippen LogP contribution in [0.3, 0.4) is 0 Å². The van der Waals surface area contributed by atoms with Crippen LogP contribution in [-0.2, 0) is 4.79 Å². The maximum Gasteiger partial charge on any atom is 0.296 e. The van der Waals surface area contributed by atoms with Crippen LogP contribution < -0.4 is 11.1 Å². The summed E-state index contributed by atoms with van der Waals surface area (Å²) in [5.74, 6) is -0.798. The fourth-order valence-electron chi connectivity index (χ4n) is 1.06. The van der Waals surface area contributed by atoms with E-state index in [1.54, 1.807) is 0 Å². The average molecular weight is 239 g/mol. The van der Waals surface area contributed by atoms with Gasteiger partial charge in [0.1, 0.15) is 11.4 Å². The van der Waals surface area contributed by atoms with Crippen LogP contribution in [0.5, 0.6) is 5.75 Å². The Hall–Kier alpha value is -2.15. The van der Waals surface area contributed by atoms with Crippen molar-refractivity contribution in [2.75, 3.05) is 5.32 Å². The summed E-state index contributed by atoms with van der Waals surface area (Å²) in [6.45, 7) is 2.96. The molecule has 0 heterocycles. The number of phenolic OH excluding ortho intramolecular Hbond substituents is 1. The van der Waals surface area contributed by atoms with Gasteiger partial charge in [0.15, 0.2) is 0 Å². The van der Waals surface area contributed by atoms with E-state index in [1.165, 1.54) is 26.0 Å². The average Bonchev–Trinajstić information content (AvgIpc) is 2.18. The maximum absolute atomic E-state index is 11.6. The van der Waals surface area contributed by atoms with Crippen LogP contribution in [0.25, 0.3) is 0 Å². The highest BCUT2D eigenvalue weighted by atomic mass is 16.6. The fourth-order valence-corrected chi connectivity index (χ4v) is 1.06. The van der Waals surface area contributed by atoms with Gasteiger partial charge in [-0.05, 0) is 26.0 Å².